The third-order valence-corrected chi connectivity index (χ3v) is 10.1. The highest BCUT2D eigenvalue weighted by Crippen LogP contribution is 2.44. The highest BCUT2D eigenvalue weighted by molar-refractivity contribution is 6.25. The average Bonchev–Trinajstić information content (AvgIpc) is 3.54. The third kappa shape index (κ3) is 4.50. The number of rotatable bonds is 5. The van der Waals surface area contributed by atoms with Crippen LogP contribution in [0.2, 0.25) is 0 Å². The highest BCUT2D eigenvalue weighted by atomic mass is 15.1. The molecule has 0 atom stereocenters. The fourth-order valence-electron chi connectivity index (χ4n) is 7.88. The lowest BCUT2D eigenvalue weighted by Crippen LogP contribution is -2.10. The fraction of sp³-hybridized carbons (Fsp3) is 0. The topological polar surface area (TPSA) is 8.17 Å². The van der Waals surface area contributed by atoms with Gasteiger partial charge in [0, 0.05) is 33.2 Å². The van der Waals surface area contributed by atoms with Crippen LogP contribution in [0.15, 0.2) is 194 Å². The summed E-state index contributed by atoms with van der Waals surface area (Å²) >= 11 is 0. The number of hydrogen-bond donors (Lipinski definition) is 0. The van der Waals surface area contributed by atoms with E-state index in [0.29, 0.717) is 0 Å². The van der Waals surface area contributed by atoms with Crippen LogP contribution in [-0.2, 0) is 0 Å². The molecule has 0 fully saturated rings. The number of fused-ring (bicyclic) bond motifs is 7. The van der Waals surface area contributed by atoms with E-state index in [1.807, 2.05) is 0 Å². The summed E-state index contributed by atoms with van der Waals surface area (Å²) in [4.78, 5) is 2.42. The second kappa shape index (κ2) is 11.5. The quantitative estimate of drug-likeness (QED) is 0.182. The Kier molecular flexibility index (Phi) is 6.53. The molecule has 0 unspecified atom stereocenters. The van der Waals surface area contributed by atoms with Gasteiger partial charge in [-0.15, -0.1) is 0 Å². The molecule has 0 spiro atoms. The Morgan fingerprint density at radius 1 is 0.360 bits per heavy atom. The summed E-state index contributed by atoms with van der Waals surface area (Å²) in [5, 5.41) is 9.95. The molecule has 234 valence electrons. The van der Waals surface area contributed by atoms with Crippen LogP contribution in [0.25, 0.3) is 70.9 Å². The Labute approximate surface area is 290 Å². The van der Waals surface area contributed by atoms with Gasteiger partial charge in [0.05, 0.1) is 16.7 Å². The second-order valence-corrected chi connectivity index (χ2v) is 13.0. The second-order valence-electron chi connectivity index (χ2n) is 13.0. The van der Waals surface area contributed by atoms with E-state index in [2.05, 4.69) is 204 Å². The number of benzene rings is 9. The van der Waals surface area contributed by atoms with E-state index in [1.165, 1.54) is 65.3 Å². The van der Waals surface area contributed by atoms with E-state index in [-0.39, 0.29) is 0 Å². The lowest BCUT2D eigenvalue weighted by atomic mass is 9.96. The fourth-order valence-corrected chi connectivity index (χ4v) is 7.88. The van der Waals surface area contributed by atoms with Gasteiger partial charge < -0.3 is 9.47 Å². The molecule has 50 heavy (non-hydrogen) atoms. The maximum atomic E-state index is 2.42. The van der Waals surface area contributed by atoms with Crippen molar-refractivity contribution in [1.82, 2.24) is 4.57 Å². The van der Waals surface area contributed by atoms with Crippen LogP contribution in [0, 0.1) is 0 Å². The van der Waals surface area contributed by atoms with Gasteiger partial charge in [0.15, 0.2) is 0 Å². The molecule has 1 aromatic heterocycles. The molecule has 0 aliphatic carbocycles. The van der Waals surface area contributed by atoms with Crippen molar-refractivity contribution in [2.45, 2.75) is 0 Å². The minimum Gasteiger partial charge on any atom is -0.310 e. The minimum atomic E-state index is 1.11. The van der Waals surface area contributed by atoms with Crippen molar-refractivity contribution in [1.29, 1.82) is 0 Å². The Balaban J connectivity index is 1.25. The van der Waals surface area contributed by atoms with E-state index in [1.54, 1.807) is 0 Å². The summed E-state index contributed by atoms with van der Waals surface area (Å²) in [7, 11) is 0. The Morgan fingerprint density at radius 3 is 1.84 bits per heavy atom. The maximum Gasteiger partial charge on any atom is 0.0547 e. The highest BCUT2D eigenvalue weighted by Gasteiger charge is 2.20. The zero-order chi connectivity index (χ0) is 33.0. The van der Waals surface area contributed by atoms with Gasteiger partial charge in [-0.25, -0.2) is 0 Å². The number of para-hydroxylation sites is 1. The van der Waals surface area contributed by atoms with Gasteiger partial charge in [-0.3, -0.25) is 0 Å². The van der Waals surface area contributed by atoms with Crippen LogP contribution in [0.4, 0.5) is 17.1 Å². The Bertz CT molecular complexity index is 2880. The zero-order valence-corrected chi connectivity index (χ0v) is 27.4. The molecule has 2 heteroatoms. The van der Waals surface area contributed by atoms with Crippen LogP contribution >= 0.6 is 0 Å². The van der Waals surface area contributed by atoms with Crippen molar-refractivity contribution in [3.05, 3.63) is 194 Å². The third-order valence-electron chi connectivity index (χ3n) is 10.1. The molecule has 10 rings (SSSR count). The first kappa shape index (κ1) is 28.4. The summed E-state index contributed by atoms with van der Waals surface area (Å²) in [5.41, 5.74) is 9.36. The van der Waals surface area contributed by atoms with Gasteiger partial charge in [0.2, 0.25) is 0 Å². The summed E-state index contributed by atoms with van der Waals surface area (Å²) in [6, 6.07) is 70.5. The lowest BCUT2D eigenvalue weighted by Gasteiger charge is -2.27. The summed E-state index contributed by atoms with van der Waals surface area (Å²) in [5.74, 6) is 0. The normalized spacial score (nSPS) is 11.6. The van der Waals surface area contributed by atoms with E-state index in [9.17, 15) is 0 Å². The molecular weight excluding hydrogens is 605 g/mol. The molecule has 0 aliphatic rings. The first-order chi connectivity index (χ1) is 24.8. The maximum absolute atomic E-state index is 2.42. The SMILES string of the molecule is c1ccc(-n2c3cccc(-c4cccc(N(c5ccc6ccccc6c5)c5cccc6ccccc56)c4)c3c3c4ccccc4ccc32)cc1. The van der Waals surface area contributed by atoms with Gasteiger partial charge in [0.25, 0.3) is 0 Å². The van der Waals surface area contributed by atoms with E-state index < -0.39 is 0 Å². The molecule has 0 amide bonds. The zero-order valence-electron chi connectivity index (χ0n) is 27.4. The van der Waals surface area contributed by atoms with Gasteiger partial charge in [-0.1, -0.05) is 140 Å². The van der Waals surface area contributed by atoms with Crippen molar-refractivity contribution >= 4 is 71.2 Å². The van der Waals surface area contributed by atoms with Crippen LogP contribution in [-0.4, -0.2) is 4.57 Å². The molecule has 2 nitrogen and oxygen atoms in total. The monoisotopic (exact) mass is 636 g/mol. The molecular formula is C48H32N2. The predicted octanol–water partition coefficient (Wildman–Crippen LogP) is 13.4. The number of aromatic nitrogens is 1. The summed E-state index contributed by atoms with van der Waals surface area (Å²) in [6.07, 6.45) is 0. The first-order valence-electron chi connectivity index (χ1n) is 17.2. The average molecular weight is 637 g/mol. The van der Waals surface area contributed by atoms with Crippen LogP contribution in [0.5, 0.6) is 0 Å². The summed E-state index contributed by atoms with van der Waals surface area (Å²) < 4.78 is 2.42. The van der Waals surface area contributed by atoms with Crippen molar-refractivity contribution in [3.63, 3.8) is 0 Å². The molecule has 1 heterocycles. The number of hydrogen-bond acceptors (Lipinski definition) is 1. The number of anilines is 3. The van der Waals surface area contributed by atoms with Crippen molar-refractivity contribution < 1.29 is 0 Å². The molecule has 0 bridgehead atoms. The van der Waals surface area contributed by atoms with Gasteiger partial charge in [0.1, 0.15) is 0 Å². The smallest absolute Gasteiger partial charge is 0.0547 e. The lowest BCUT2D eigenvalue weighted by molar-refractivity contribution is 1.18. The largest absolute Gasteiger partial charge is 0.310 e. The van der Waals surface area contributed by atoms with Crippen LogP contribution < -0.4 is 4.90 Å². The Hall–Kier alpha value is -6.64. The molecule has 0 saturated heterocycles. The van der Waals surface area contributed by atoms with Gasteiger partial charge in [-0.2, -0.15) is 0 Å². The Morgan fingerprint density at radius 2 is 0.980 bits per heavy atom. The van der Waals surface area contributed by atoms with E-state index in [4.69, 9.17) is 0 Å². The first-order valence-corrected chi connectivity index (χ1v) is 17.2. The molecule has 9 aromatic carbocycles. The predicted molar refractivity (Wildman–Crippen MR) is 213 cm³/mol. The van der Waals surface area contributed by atoms with Crippen molar-refractivity contribution in [3.8, 4) is 16.8 Å². The molecule has 0 saturated carbocycles. The molecule has 10 aromatic rings. The molecule has 0 aliphatic heterocycles. The van der Waals surface area contributed by atoms with Crippen molar-refractivity contribution in [2.75, 3.05) is 4.90 Å². The minimum absolute atomic E-state index is 1.11. The van der Waals surface area contributed by atoms with Gasteiger partial charge in [-0.05, 0) is 92.7 Å². The standard InChI is InChI=1S/C48H32N2/c1-2-19-38(20-3-1)50-45-26-12-24-43(48(45)47-42-23-9-7-15-35(42)28-30-46(47)50)37-18-10-21-39(32-37)49(40-29-27-33-13-4-5-16-36(33)31-40)44-25-11-17-34-14-6-8-22-41(34)44/h1-32H. The van der Waals surface area contributed by atoms with Crippen LogP contribution in [0.1, 0.15) is 0 Å². The van der Waals surface area contributed by atoms with Crippen molar-refractivity contribution in [2.24, 2.45) is 0 Å². The van der Waals surface area contributed by atoms with E-state index >= 15 is 0 Å². The molecule has 0 N–H and O–H groups in total. The van der Waals surface area contributed by atoms with Crippen LogP contribution in [0.3, 0.4) is 0 Å². The van der Waals surface area contributed by atoms with Gasteiger partial charge >= 0.3 is 0 Å². The van der Waals surface area contributed by atoms with E-state index in [0.717, 1.165) is 22.7 Å². The summed E-state index contributed by atoms with van der Waals surface area (Å²) in [6.45, 7) is 0. The number of nitrogens with zero attached hydrogens (tertiary/aromatic N) is 2. The molecule has 0 radical (unpaired) electrons.